The molecule has 1 atom stereocenters. The van der Waals surface area contributed by atoms with Crippen LogP contribution in [0.2, 0.25) is 5.02 Å². The van der Waals surface area contributed by atoms with Crippen molar-refractivity contribution in [1.29, 1.82) is 0 Å². The van der Waals surface area contributed by atoms with Crippen molar-refractivity contribution in [3.63, 3.8) is 0 Å². The van der Waals surface area contributed by atoms with Crippen LogP contribution in [0, 0.1) is 5.92 Å². The van der Waals surface area contributed by atoms with Gasteiger partial charge < -0.3 is 19.9 Å². The quantitative estimate of drug-likeness (QED) is 0.314. The molecule has 1 aromatic rings. The Hall–Kier alpha value is -0.570. The van der Waals surface area contributed by atoms with Gasteiger partial charge in [0.15, 0.2) is 5.96 Å². The first-order valence-corrected chi connectivity index (χ1v) is 11.5. The third-order valence-electron chi connectivity index (χ3n) is 6.69. The average molecular weight is 549 g/mol. The van der Waals surface area contributed by atoms with Crippen molar-refractivity contribution in [2.75, 3.05) is 59.5 Å². The number of aliphatic imine (C=N–C) groups is 1. The standard InChI is InChI=1S/C23H37ClN4O.HI/c1-4-27(5-2)16-19-10-13-28(17-19)22(25-3)26-18-23(11-14-29-15-12-23)20-8-6-7-9-21(20)24;/h6-9,19H,4-5,10-18H2,1-3H3,(H,25,26);1H. The van der Waals surface area contributed by atoms with Crippen LogP contribution in [-0.2, 0) is 10.2 Å². The number of rotatable bonds is 7. The number of guanidine groups is 1. The lowest BCUT2D eigenvalue weighted by Gasteiger charge is -2.39. The number of likely N-dealkylation sites (tertiary alicyclic amines) is 1. The van der Waals surface area contributed by atoms with Gasteiger partial charge >= 0.3 is 0 Å². The third kappa shape index (κ3) is 6.24. The van der Waals surface area contributed by atoms with Crippen LogP contribution in [0.25, 0.3) is 0 Å². The Morgan fingerprint density at radius 1 is 1.27 bits per heavy atom. The molecule has 2 saturated heterocycles. The summed E-state index contributed by atoms with van der Waals surface area (Å²) in [5.74, 6) is 1.74. The van der Waals surface area contributed by atoms with E-state index in [1.165, 1.54) is 18.5 Å². The minimum absolute atomic E-state index is 0. The Labute approximate surface area is 204 Å². The first kappa shape index (κ1) is 25.7. The summed E-state index contributed by atoms with van der Waals surface area (Å²) in [6, 6.07) is 8.27. The second-order valence-corrected chi connectivity index (χ2v) is 8.77. The van der Waals surface area contributed by atoms with E-state index in [1.54, 1.807) is 0 Å². The van der Waals surface area contributed by atoms with Gasteiger partial charge in [0.2, 0.25) is 0 Å². The Morgan fingerprint density at radius 3 is 2.60 bits per heavy atom. The van der Waals surface area contributed by atoms with E-state index < -0.39 is 0 Å². The maximum atomic E-state index is 6.60. The predicted octanol–water partition coefficient (Wildman–Crippen LogP) is 4.25. The van der Waals surface area contributed by atoms with Gasteiger partial charge in [0.1, 0.15) is 0 Å². The van der Waals surface area contributed by atoms with E-state index in [9.17, 15) is 0 Å². The van der Waals surface area contributed by atoms with Crippen LogP contribution in [-0.4, -0.2) is 75.3 Å². The molecule has 30 heavy (non-hydrogen) atoms. The highest BCUT2D eigenvalue weighted by atomic mass is 127. The van der Waals surface area contributed by atoms with Gasteiger partial charge in [0.25, 0.3) is 0 Å². The van der Waals surface area contributed by atoms with Gasteiger partial charge in [-0.3, -0.25) is 4.99 Å². The number of hydrogen-bond donors (Lipinski definition) is 1. The van der Waals surface area contributed by atoms with Gasteiger partial charge in [0.05, 0.1) is 0 Å². The fourth-order valence-corrected chi connectivity index (χ4v) is 5.13. The van der Waals surface area contributed by atoms with E-state index in [1.807, 2.05) is 19.2 Å². The molecule has 7 heteroatoms. The molecule has 5 nitrogen and oxygen atoms in total. The molecule has 2 fully saturated rings. The van der Waals surface area contributed by atoms with Crippen LogP contribution in [0.5, 0.6) is 0 Å². The highest BCUT2D eigenvalue weighted by Gasteiger charge is 2.37. The monoisotopic (exact) mass is 548 g/mol. The summed E-state index contributed by atoms with van der Waals surface area (Å²) in [6.45, 7) is 12.5. The molecule has 0 bridgehead atoms. The average Bonchev–Trinajstić information content (AvgIpc) is 3.22. The molecule has 1 aromatic carbocycles. The Morgan fingerprint density at radius 2 is 1.97 bits per heavy atom. The number of nitrogens with zero attached hydrogens (tertiary/aromatic N) is 3. The van der Waals surface area contributed by atoms with Crippen LogP contribution in [0.4, 0.5) is 0 Å². The van der Waals surface area contributed by atoms with Crippen molar-refractivity contribution >= 4 is 41.5 Å². The van der Waals surface area contributed by atoms with E-state index in [-0.39, 0.29) is 29.4 Å². The maximum absolute atomic E-state index is 6.60. The van der Waals surface area contributed by atoms with Crippen molar-refractivity contribution < 1.29 is 4.74 Å². The van der Waals surface area contributed by atoms with Gasteiger partial charge in [-0.15, -0.1) is 24.0 Å². The Kier molecular flexibility index (Phi) is 10.7. The molecule has 3 rings (SSSR count). The maximum Gasteiger partial charge on any atom is 0.193 e. The first-order valence-electron chi connectivity index (χ1n) is 11.1. The molecule has 170 valence electrons. The summed E-state index contributed by atoms with van der Waals surface area (Å²) >= 11 is 6.60. The third-order valence-corrected chi connectivity index (χ3v) is 7.02. The van der Waals surface area contributed by atoms with Crippen molar-refractivity contribution in [2.45, 2.75) is 38.5 Å². The lowest BCUT2D eigenvalue weighted by molar-refractivity contribution is 0.0512. The van der Waals surface area contributed by atoms with Crippen molar-refractivity contribution in [2.24, 2.45) is 10.9 Å². The van der Waals surface area contributed by atoms with E-state index >= 15 is 0 Å². The van der Waals surface area contributed by atoms with E-state index in [0.29, 0.717) is 5.92 Å². The number of benzene rings is 1. The molecule has 1 N–H and O–H groups in total. The van der Waals surface area contributed by atoms with Crippen molar-refractivity contribution in [3.05, 3.63) is 34.9 Å². The molecular weight excluding hydrogens is 511 g/mol. The van der Waals surface area contributed by atoms with Crippen LogP contribution in [0.15, 0.2) is 29.3 Å². The van der Waals surface area contributed by atoms with Crippen LogP contribution in [0.3, 0.4) is 0 Å². The van der Waals surface area contributed by atoms with Crippen molar-refractivity contribution in [3.8, 4) is 0 Å². The number of halogens is 2. The van der Waals surface area contributed by atoms with Crippen molar-refractivity contribution in [1.82, 2.24) is 15.1 Å². The predicted molar refractivity (Wildman–Crippen MR) is 137 cm³/mol. The highest BCUT2D eigenvalue weighted by Crippen LogP contribution is 2.38. The molecule has 1 unspecified atom stereocenters. The molecule has 0 amide bonds. The smallest absolute Gasteiger partial charge is 0.193 e. The van der Waals surface area contributed by atoms with Crippen LogP contribution >= 0.6 is 35.6 Å². The largest absolute Gasteiger partial charge is 0.381 e. The summed E-state index contributed by atoms with van der Waals surface area (Å²) in [4.78, 5) is 9.56. The van der Waals surface area contributed by atoms with Gasteiger partial charge in [-0.05, 0) is 49.9 Å². The topological polar surface area (TPSA) is 40.1 Å². The van der Waals surface area contributed by atoms with E-state index in [0.717, 1.165) is 69.8 Å². The Balaban J connectivity index is 0.00000320. The molecule has 2 aliphatic heterocycles. The molecule has 2 heterocycles. The number of nitrogens with one attached hydrogen (secondary N) is 1. The van der Waals surface area contributed by atoms with E-state index in [2.05, 4.69) is 46.1 Å². The molecule has 0 saturated carbocycles. The normalized spacial score (nSPS) is 21.6. The molecular formula is C23H38ClIN4O. The minimum atomic E-state index is -0.00706. The number of hydrogen-bond acceptors (Lipinski definition) is 3. The van der Waals surface area contributed by atoms with Gasteiger partial charge in [-0.2, -0.15) is 0 Å². The molecule has 0 aliphatic carbocycles. The van der Waals surface area contributed by atoms with Gasteiger partial charge in [-0.25, -0.2) is 0 Å². The molecule has 0 spiro atoms. The number of ether oxygens (including phenoxy) is 1. The summed E-state index contributed by atoms with van der Waals surface area (Å²) in [5, 5.41) is 4.55. The zero-order valence-electron chi connectivity index (χ0n) is 18.7. The summed E-state index contributed by atoms with van der Waals surface area (Å²) in [7, 11) is 1.90. The summed E-state index contributed by atoms with van der Waals surface area (Å²) in [5.41, 5.74) is 1.22. The second-order valence-electron chi connectivity index (χ2n) is 8.36. The zero-order valence-corrected chi connectivity index (χ0v) is 21.8. The second kappa shape index (κ2) is 12.5. The lowest BCUT2D eigenvalue weighted by atomic mass is 9.74. The summed E-state index contributed by atoms with van der Waals surface area (Å²) in [6.07, 6.45) is 3.19. The van der Waals surface area contributed by atoms with Crippen LogP contribution < -0.4 is 5.32 Å². The van der Waals surface area contributed by atoms with Gasteiger partial charge in [0, 0.05) is 56.9 Å². The van der Waals surface area contributed by atoms with E-state index in [4.69, 9.17) is 16.3 Å². The fraction of sp³-hybridized carbons (Fsp3) is 0.696. The molecule has 0 aromatic heterocycles. The fourth-order valence-electron chi connectivity index (χ4n) is 4.80. The highest BCUT2D eigenvalue weighted by molar-refractivity contribution is 14.0. The lowest BCUT2D eigenvalue weighted by Crippen LogP contribution is -2.49. The Bertz CT molecular complexity index is 677. The minimum Gasteiger partial charge on any atom is -0.381 e. The zero-order chi connectivity index (χ0) is 20.7. The SMILES string of the molecule is CCN(CC)CC1CCN(C(=NC)NCC2(c3ccccc3Cl)CCOCC2)C1.I. The molecule has 0 radical (unpaired) electrons. The van der Waals surface area contributed by atoms with Crippen LogP contribution in [0.1, 0.15) is 38.7 Å². The first-order chi connectivity index (χ1) is 14.1. The summed E-state index contributed by atoms with van der Waals surface area (Å²) < 4.78 is 5.68. The van der Waals surface area contributed by atoms with Gasteiger partial charge in [-0.1, -0.05) is 43.6 Å². The molecule has 2 aliphatic rings.